The van der Waals surface area contributed by atoms with E-state index in [2.05, 4.69) is 54.0 Å². The van der Waals surface area contributed by atoms with Crippen LogP contribution in [0.2, 0.25) is 0 Å². The molecule has 1 aliphatic rings. The molecule has 16 heavy (non-hydrogen) atoms. The van der Waals surface area contributed by atoms with Gasteiger partial charge in [0.05, 0.1) is 0 Å². The topological polar surface area (TPSA) is 26.0 Å². The fourth-order valence-corrected chi connectivity index (χ4v) is 2.86. The summed E-state index contributed by atoms with van der Waals surface area (Å²) >= 11 is 3.52. The third-order valence-electron chi connectivity index (χ3n) is 3.90. The van der Waals surface area contributed by atoms with E-state index in [9.17, 15) is 0 Å². The Morgan fingerprint density at radius 3 is 2.31 bits per heavy atom. The first-order chi connectivity index (χ1) is 7.41. The quantitative estimate of drug-likeness (QED) is 0.820. The highest BCUT2D eigenvalue weighted by Gasteiger charge is 2.36. The minimum absolute atomic E-state index is 0.112. The number of benzene rings is 1. The lowest BCUT2D eigenvalue weighted by Gasteiger charge is -2.41. The van der Waals surface area contributed by atoms with Gasteiger partial charge < -0.3 is 5.73 Å². The van der Waals surface area contributed by atoms with E-state index < -0.39 is 0 Å². The van der Waals surface area contributed by atoms with Gasteiger partial charge in [-0.3, -0.25) is 0 Å². The first kappa shape index (κ1) is 12.1. The zero-order valence-corrected chi connectivity index (χ0v) is 11.7. The zero-order valence-electron chi connectivity index (χ0n) is 10.1. The summed E-state index contributed by atoms with van der Waals surface area (Å²) in [5, 5.41) is 0. The first-order valence-electron chi connectivity index (χ1n) is 5.96. The van der Waals surface area contributed by atoms with Crippen molar-refractivity contribution < 1.29 is 0 Å². The van der Waals surface area contributed by atoms with Crippen molar-refractivity contribution in [1.29, 1.82) is 0 Å². The Kier molecular flexibility index (Phi) is 3.15. The summed E-state index contributed by atoms with van der Waals surface area (Å²) in [7, 11) is 0. The molecule has 2 heteroatoms. The number of nitrogens with two attached hydrogens (primary N) is 1. The van der Waals surface area contributed by atoms with Gasteiger partial charge >= 0.3 is 0 Å². The molecular formula is C14H20BrN. The second-order valence-electron chi connectivity index (χ2n) is 5.83. The second kappa shape index (κ2) is 4.15. The molecule has 0 saturated heterocycles. The lowest BCUT2D eigenvalue weighted by Crippen LogP contribution is -2.42. The number of hydrogen-bond donors (Lipinski definition) is 1. The lowest BCUT2D eigenvalue weighted by atomic mass is 9.67. The molecule has 2 N–H and O–H groups in total. The van der Waals surface area contributed by atoms with Gasteiger partial charge in [-0.2, -0.15) is 0 Å². The minimum atomic E-state index is -0.112. The Bertz CT molecular complexity index is 374. The van der Waals surface area contributed by atoms with Crippen molar-refractivity contribution in [2.75, 3.05) is 0 Å². The fraction of sp³-hybridized carbons (Fsp3) is 0.571. The summed E-state index contributed by atoms with van der Waals surface area (Å²) in [5.74, 6) is 0. The van der Waals surface area contributed by atoms with E-state index in [1.54, 1.807) is 0 Å². The Hall–Kier alpha value is -0.340. The third kappa shape index (κ3) is 2.49. The second-order valence-corrected chi connectivity index (χ2v) is 6.75. The molecule has 0 bridgehead atoms. The summed E-state index contributed by atoms with van der Waals surface area (Å²) in [5.41, 5.74) is 8.18. The molecule has 2 rings (SSSR count). The SMILES string of the molecule is CC1(C)CCC(N)(c2cccc(Br)c2)CC1. The largest absolute Gasteiger partial charge is 0.321 e. The third-order valence-corrected chi connectivity index (χ3v) is 4.39. The Morgan fingerprint density at radius 2 is 1.75 bits per heavy atom. The van der Waals surface area contributed by atoms with Crippen LogP contribution in [0.5, 0.6) is 0 Å². The minimum Gasteiger partial charge on any atom is -0.321 e. The van der Waals surface area contributed by atoms with Crippen molar-refractivity contribution in [1.82, 2.24) is 0 Å². The summed E-state index contributed by atoms with van der Waals surface area (Å²) in [6.45, 7) is 4.68. The van der Waals surface area contributed by atoms with Gasteiger partial charge in [0.1, 0.15) is 0 Å². The average Bonchev–Trinajstić information content (AvgIpc) is 2.23. The maximum atomic E-state index is 6.55. The summed E-state index contributed by atoms with van der Waals surface area (Å²) in [6, 6.07) is 8.45. The van der Waals surface area contributed by atoms with E-state index in [0.29, 0.717) is 5.41 Å². The van der Waals surface area contributed by atoms with Crippen molar-refractivity contribution in [3.05, 3.63) is 34.3 Å². The normalized spacial score (nSPS) is 23.0. The van der Waals surface area contributed by atoms with E-state index >= 15 is 0 Å². The highest BCUT2D eigenvalue weighted by Crippen LogP contribution is 2.43. The molecule has 1 aromatic carbocycles. The molecule has 0 radical (unpaired) electrons. The van der Waals surface area contributed by atoms with E-state index in [1.807, 2.05) is 0 Å². The smallest absolute Gasteiger partial charge is 0.0410 e. The van der Waals surface area contributed by atoms with Crippen LogP contribution in [0.25, 0.3) is 0 Å². The summed E-state index contributed by atoms with van der Waals surface area (Å²) in [4.78, 5) is 0. The molecule has 1 aromatic rings. The van der Waals surface area contributed by atoms with Gasteiger partial charge in [-0.05, 0) is 48.8 Å². The van der Waals surface area contributed by atoms with Gasteiger partial charge in [-0.15, -0.1) is 0 Å². The molecule has 0 atom stereocenters. The maximum Gasteiger partial charge on any atom is 0.0410 e. The van der Waals surface area contributed by atoms with Crippen LogP contribution in [0, 0.1) is 5.41 Å². The maximum absolute atomic E-state index is 6.55. The first-order valence-corrected chi connectivity index (χ1v) is 6.76. The Balaban J connectivity index is 2.21. The number of halogens is 1. The van der Waals surface area contributed by atoms with E-state index in [-0.39, 0.29) is 5.54 Å². The molecule has 0 aromatic heterocycles. The summed E-state index contributed by atoms with van der Waals surface area (Å²) in [6.07, 6.45) is 4.62. The molecule has 1 fully saturated rings. The van der Waals surface area contributed by atoms with Crippen molar-refractivity contribution in [2.24, 2.45) is 11.1 Å². The number of rotatable bonds is 1. The predicted octanol–water partition coefficient (Wildman–Crippen LogP) is 4.20. The summed E-state index contributed by atoms with van der Waals surface area (Å²) < 4.78 is 1.12. The van der Waals surface area contributed by atoms with Crippen molar-refractivity contribution >= 4 is 15.9 Å². The van der Waals surface area contributed by atoms with Gasteiger partial charge in [0.15, 0.2) is 0 Å². The highest BCUT2D eigenvalue weighted by molar-refractivity contribution is 9.10. The molecule has 0 spiro atoms. The lowest BCUT2D eigenvalue weighted by molar-refractivity contribution is 0.165. The van der Waals surface area contributed by atoms with Crippen LogP contribution in [-0.2, 0) is 5.54 Å². The monoisotopic (exact) mass is 281 g/mol. The molecule has 0 amide bonds. The van der Waals surface area contributed by atoms with Crippen LogP contribution in [0.4, 0.5) is 0 Å². The van der Waals surface area contributed by atoms with E-state index in [1.165, 1.54) is 18.4 Å². The Labute approximate surface area is 107 Å². The standard InChI is InChI=1S/C14H20BrN/c1-13(2)6-8-14(16,9-7-13)11-4-3-5-12(15)10-11/h3-5,10H,6-9,16H2,1-2H3. The van der Waals surface area contributed by atoms with Gasteiger partial charge in [0.2, 0.25) is 0 Å². The van der Waals surface area contributed by atoms with Crippen molar-refractivity contribution in [3.63, 3.8) is 0 Å². The van der Waals surface area contributed by atoms with Gasteiger partial charge in [0.25, 0.3) is 0 Å². The van der Waals surface area contributed by atoms with Gasteiger partial charge in [-0.1, -0.05) is 41.9 Å². The molecule has 88 valence electrons. The predicted molar refractivity (Wildman–Crippen MR) is 72.3 cm³/mol. The zero-order chi connectivity index (χ0) is 11.8. The fourth-order valence-electron chi connectivity index (χ4n) is 2.46. The van der Waals surface area contributed by atoms with Crippen LogP contribution < -0.4 is 5.73 Å². The van der Waals surface area contributed by atoms with Gasteiger partial charge in [0, 0.05) is 10.0 Å². The molecular weight excluding hydrogens is 262 g/mol. The van der Waals surface area contributed by atoms with Crippen LogP contribution in [0.15, 0.2) is 28.7 Å². The van der Waals surface area contributed by atoms with E-state index in [4.69, 9.17) is 5.73 Å². The highest BCUT2D eigenvalue weighted by atomic mass is 79.9. The molecule has 0 unspecified atom stereocenters. The molecule has 1 nitrogen and oxygen atoms in total. The Morgan fingerprint density at radius 1 is 1.12 bits per heavy atom. The van der Waals surface area contributed by atoms with E-state index in [0.717, 1.165) is 17.3 Å². The molecule has 0 aliphatic heterocycles. The van der Waals surface area contributed by atoms with Gasteiger partial charge in [-0.25, -0.2) is 0 Å². The molecule has 0 heterocycles. The van der Waals surface area contributed by atoms with Crippen LogP contribution in [0.3, 0.4) is 0 Å². The van der Waals surface area contributed by atoms with Crippen LogP contribution >= 0.6 is 15.9 Å². The molecule has 1 saturated carbocycles. The average molecular weight is 282 g/mol. The number of hydrogen-bond acceptors (Lipinski definition) is 1. The van der Waals surface area contributed by atoms with Crippen molar-refractivity contribution in [3.8, 4) is 0 Å². The van der Waals surface area contributed by atoms with Crippen molar-refractivity contribution in [2.45, 2.75) is 45.1 Å². The van der Waals surface area contributed by atoms with Crippen LogP contribution in [-0.4, -0.2) is 0 Å². The van der Waals surface area contributed by atoms with Crippen LogP contribution in [0.1, 0.15) is 45.1 Å². The molecule has 1 aliphatic carbocycles.